The van der Waals surface area contributed by atoms with Crippen molar-refractivity contribution in [2.24, 2.45) is 7.05 Å². The third kappa shape index (κ3) is 5.35. The topological polar surface area (TPSA) is 64.0 Å². The molecule has 3 rings (SSSR count). The molecule has 0 saturated heterocycles. The van der Waals surface area contributed by atoms with Crippen LogP contribution in [-0.2, 0) is 18.3 Å². The lowest BCUT2D eigenvalue weighted by atomic mass is 10.1. The number of thioether (sulfide) groups is 1. The Labute approximate surface area is 175 Å². The lowest BCUT2D eigenvalue weighted by Crippen LogP contribution is -2.29. The molecule has 0 bridgehead atoms. The number of nitrogens with zero attached hydrogens (tertiary/aromatic N) is 2. The van der Waals surface area contributed by atoms with Gasteiger partial charge in [-0.25, -0.2) is 4.98 Å². The quantitative estimate of drug-likeness (QED) is 0.480. The van der Waals surface area contributed by atoms with Gasteiger partial charge in [-0.05, 0) is 25.0 Å². The van der Waals surface area contributed by atoms with E-state index >= 15 is 0 Å². The average Bonchev–Trinajstić information content (AvgIpc) is 2.74. The van der Waals surface area contributed by atoms with Crippen LogP contribution in [0.25, 0.3) is 0 Å². The summed E-state index contributed by atoms with van der Waals surface area (Å²) >= 11 is 1.28. The van der Waals surface area contributed by atoms with Gasteiger partial charge in [-0.15, -0.1) is 0 Å². The molecule has 1 N–H and O–H groups in total. The number of aromatic nitrogens is 2. The fraction of sp³-hybridized carbons (Fsp3) is 0.261. The van der Waals surface area contributed by atoms with Gasteiger partial charge in [0.05, 0.1) is 11.8 Å². The van der Waals surface area contributed by atoms with Gasteiger partial charge in [-0.3, -0.25) is 14.2 Å². The first-order chi connectivity index (χ1) is 14.0. The SMILES string of the molecule is Cc1nc(SCC(=O)NC(C)c2ccccc2)n(C)c(=O)c1Cc1ccccc1. The maximum atomic E-state index is 12.8. The Hall–Kier alpha value is -2.86. The maximum absolute atomic E-state index is 12.8. The summed E-state index contributed by atoms with van der Waals surface area (Å²) in [5, 5.41) is 3.53. The van der Waals surface area contributed by atoms with Crippen molar-refractivity contribution in [2.45, 2.75) is 31.5 Å². The van der Waals surface area contributed by atoms with Crippen molar-refractivity contribution in [1.29, 1.82) is 0 Å². The molecular weight excluding hydrogens is 382 g/mol. The number of hydrogen-bond acceptors (Lipinski definition) is 4. The summed E-state index contributed by atoms with van der Waals surface area (Å²) in [5.74, 6) is 0.112. The zero-order chi connectivity index (χ0) is 20.8. The van der Waals surface area contributed by atoms with Crippen LogP contribution in [0, 0.1) is 6.92 Å². The Morgan fingerprint density at radius 2 is 1.72 bits per heavy atom. The van der Waals surface area contributed by atoms with E-state index in [4.69, 9.17) is 0 Å². The third-order valence-electron chi connectivity index (χ3n) is 4.78. The number of carbonyl (C=O) groups excluding carboxylic acids is 1. The molecule has 2 aromatic carbocycles. The smallest absolute Gasteiger partial charge is 0.257 e. The van der Waals surface area contributed by atoms with Crippen molar-refractivity contribution in [3.63, 3.8) is 0 Å². The van der Waals surface area contributed by atoms with Gasteiger partial charge in [0.15, 0.2) is 5.16 Å². The number of rotatable bonds is 7. The highest BCUT2D eigenvalue weighted by Gasteiger charge is 2.15. The monoisotopic (exact) mass is 407 g/mol. The zero-order valence-corrected chi connectivity index (χ0v) is 17.7. The maximum Gasteiger partial charge on any atom is 0.257 e. The van der Waals surface area contributed by atoms with Gasteiger partial charge < -0.3 is 5.32 Å². The molecule has 0 spiro atoms. The minimum atomic E-state index is -0.0911. The van der Waals surface area contributed by atoms with Crippen LogP contribution in [0.3, 0.4) is 0 Å². The molecule has 3 aromatic rings. The molecule has 0 radical (unpaired) electrons. The summed E-state index contributed by atoms with van der Waals surface area (Å²) in [6.45, 7) is 3.80. The van der Waals surface area contributed by atoms with Gasteiger partial charge in [-0.1, -0.05) is 72.4 Å². The van der Waals surface area contributed by atoms with E-state index in [0.717, 1.165) is 11.1 Å². The fourth-order valence-corrected chi connectivity index (χ4v) is 3.92. The van der Waals surface area contributed by atoms with Crippen LogP contribution in [0.15, 0.2) is 70.6 Å². The van der Waals surface area contributed by atoms with E-state index in [1.165, 1.54) is 16.3 Å². The lowest BCUT2D eigenvalue weighted by Gasteiger charge is -2.15. The first-order valence-corrected chi connectivity index (χ1v) is 10.5. The van der Waals surface area contributed by atoms with E-state index in [1.54, 1.807) is 7.05 Å². The standard InChI is InChI=1S/C23H25N3O2S/c1-16(19-12-8-5-9-13-19)24-21(27)15-29-23-25-17(2)20(22(28)26(23)3)14-18-10-6-4-7-11-18/h4-13,16H,14-15H2,1-3H3,(H,24,27). The first-order valence-electron chi connectivity index (χ1n) is 9.53. The summed E-state index contributed by atoms with van der Waals surface area (Å²) in [6, 6.07) is 19.6. The Balaban J connectivity index is 1.67. The van der Waals surface area contributed by atoms with Gasteiger partial charge in [0.1, 0.15) is 0 Å². The zero-order valence-electron chi connectivity index (χ0n) is 16.9. The van der Waals surface area contributed by atoms with Crippen LogP contribution >= 0.6 is 11.8 Å². The van der Waals surface area contributed by atoms with Crippen LogP contribution in [0.2, 0.25) is 0 Å². The van der Waals surface area contributed by atoms with Crippen LogP contribution in [-0.4, -0.2) is 21.2 Å². The van der Waals surface area contributed by atoms with E-state index in [2.05, 4.69) is 10.3 Å². The molecule has 0 aliphatic rings. The molecule has 0 saturated carbocycles. The van der Waals surface area contributed by atoms with Crippen LogP contribution in [0.1, 0.15) is 35.3 Å². The predicted octanol–water partition coefficient (Wildman–Crippen LogP) is 3.65. The largest absolute Gasteiger partial charge is 0.349 e. The van der Waals surface area contributed by atoms with Crippen molar-refractivity contribution >= 4 is 17.7 Å². The minimum absolute atomic E-state index is 0.0677. The van der Waals surface area contributed by atoms with Crippen molar-refractivity contribution < 1.29 is 4.79 Å². The minimum Gasteiger partial charge on any atom is -0.349 e. The summed E-state index contributed by atoms with van der Waals surface area (Å²) in [5.41, 5.74) is 3.45. The van der Waals surface area contributed by atoms with Crippen molar-refractivity contribution in [3.05, 3.63) is 93.4 Å². The van der Waals surface area contributed by atoms with Crippen LogP contribution in [0.5, 0.6) is 0 Å². The highest BCUT2D eigenvalue weighted by Crippen LogP contribution is 2.17. The molecule has 0 aliphatic heterocycles. The first kappa shape index (κ1) is 20.9. The van der Waals surface area contributed by atoms with E-state index in [0.29, 0.717) is 22.8 Å². The van der Waals surface area contributed by atoms with E-state index in [9.17, 15) is 9.59 Å². The fourth-order valence-electron chi connectivity index (χ4n) is 3.10. The van der Waals surface area contributed by atoms with Gasteiger partial charge >= 0.3 is 0 Å². The molecule has 6 heteroatoms. The van der Waals surface area contributed by atoms with Gasteiger partial charge in [0, 0.05) is 24.7 Å². The molecule has 29 heavy (non-hydrogen) atoms. The average molecular weight is 408 g/mol. The number of benzene rings is 2. The second-order valence-electron chi connectivity index (χ2n) is 6.97. The highest BCUT2D eigenvalue weighted by atomic mass is 32.2. The van der Waals surface area contributed by atoms with Gasteiger partial charge in [-0.2, -0.15) is 0 Å². The Bertz CT molecular complexity index is 1030. The van der Waals surface area contributed by atoms with Crippen molar-refractivity contribution in [3.8, 4) is 0 Å². The van der Waals surface area contributed by atoms with E-state index < -0.39 is 0 Å². The molecule has 0 fully saturated rings. The molecule has 5 nitrogen and oxygen atoms in total. The second kappa shape index (κ2) is 9.56. The van der Waals surface area contributed by atoms with E-state index in [-0.39, 0.29) is 23.3 Å². The number of hydrogen-bond donors (Lipinski definition) is 1. The van der Waals surface area contributed by atoms with E-state index in [1.807, 2.05) is 74.5 Å². The summed E-state index contributed by atoms with van der Waals surface area (Å²) in [4.78, 5) is 29.8. The lowest BCUT2D eigenvalue weighted by molar-refractivity contribution is -0.119. The molecular formula is C23H25N3O2S. The Morgan fingerprint density at radius 3 is 2.38 bits per heavy atom. The van der Waals surface area contributed by atoms with Crippen LogP contribution < -0.4 is 10.9 Å². The molecule has 1 aromatic heterocycles. The third-order valence-corrected chi connectivity index (χ3v) is 5.81. The molecule has 0 aliphatic carbocycles. The number of aryl methyl sites for hydroxylation is 1. The molecule has 1 amide bonds. The Kier molecular flexibility index (Phi) is 6.88. The summed E-state index contributed by atoms with van der Waals surface area (Å²) < 4.78 is 1.53. The molecule has 1 unspecified atom stereocenters. The normalized spacial score (nSPS) is 11.8. The Morgan fingerprint density at radius 1 is 1.10 bits per heavy atom. The van der Waals surface area contributed by atoms with Crippen molar-refractivity contribution in [2.75, 3.05) is 5.75 Å². The second-order valence-corrected chi connectivity index (χ2v) is 7.92. The molecule has 1 heterocycles. The van der Waals surface area contributed by atoms with Crippen LogP contribution in [0.4, 0.5) is 0 Å². The van der Waals surface area contributed by atoms with Crippen molar-refractivity contribution in [1.82, 2.24) is 14.9 Å². The van der Waals surface area contributed by atoms with Gasteiger partial charge in [0.25, 0.3) is 5.56 Å². The molecule has 150 valence electrons. The predicted molar refractivity (Wildman–Crippen MR) is 117 cm³/mol. The summed E-state index contributed by atoms with van der Waals surface area (Å²) in [7, 11) is 1.70. The number of amides is 1. The number of nitrogens with one attached hydrogen (secondary N) is 1. The van der Waals surface area contributed by atoms with Gasteiger partial charge in [0.2, 0.25) is 5.91 Å². The molecule has 1 atom stereocenters. The summed E-state index contributed by atoms with van der Waals surface area (Å²) in [6.07, 6.45) is 0.548. The highest BCUT2D eigenvalue weighted by molar-refractivity contribution is 7.99. The number of carbonyl (C=O) groups is 1.